The number of benzene rings is 1. The molecular formula is C17H28Cl2N2O2. The minimum atomic E-state index is 0. The van der Waals surface area contributed by atoms with Crippen LogP contribution in [0, 0.1) is 5.92 Å². The summed E-state index contributed by atoms with van der Waals surface area (Å²) in [5, 5.41) is 13.2. The average Bonchev–Trinajstić information content (AvgIpc) is 3.04. The van der Waals surface area contributed by atoms with Crippen LogP contribution in [0.4, 0.5) is 0 Å². The van der Waals surface area contributed by atoms with Gasteiger partial charge in [0.25, 0.3) is 0 Å². The minimum absolute atomic E-state index is 0. The largest absolute Gasteiger partial charge is 0.508 e. The Labute approximate surface area is 151 Å². The number of aromatic hydroxyl groups is 1. The van der Waals surface area contributed by atoms with Crippen LogP contribution in [0.3, 0.4) is 0 Å². The molecule has 0 aromatic heterocycles. The molecule has 1 aliphatic carbocycles. The SMILES string of the molecule is COc1cc(O)ccc1[C@H](C1CCCC1)N1CCNCC1.Cl.Cl. The van der Waals surface area contributed by atoms with E-state index in [1.807, 2.05) is 0 Å². The summed E-state index contributed by atoms with van der Waals surface area (Å²) in [5.41, 5.74) is 1.24. The summed E-state index contributed by atoms with van der Waals surface area (Å²) in [6, 6.07) is 6.02. The molecule has 2 N–H and O–H groups in total. The second-order valence-corrected chi connectivity index (χ2v) is 6.20. The van der Waals surface area contributed by atoms with Crippen LogP contribution in [0.5, 0.6) is 11.5 Å². The fraction of sp³-hybridized carbons (Fsp3) is 0.647. The molecule has 1 atom stereocenters. The van der Waals surface area contributed by atoms with Gasteiger partial charge in [0.05, 0.1) is 7.11 Å². The Hall–Kier alpha value is -0.680. The lowest BCUT2D eigenvalue weighted by Crippen LogP contribution is -2.46. The van der Waals surface area contributed by atoms with Crippen LogP contribution in [-0.4, -0.2) is 43.3 Å². The van der Waals surface area contributed by atoms with E-state index in [1.54, 1.807) is 19.2 Å². The molecule has 23 heavy (non-hydrogen) atoms. The quantitative estimate of drug-likeness (QED) is 0.861. The van der Waals surface area contributed by atoms with Crippen LogP contribution >= 0.6 is 24.8 Å². The number of methoxy groups -OCH3 is 1. The lowest BCUT2D eigenvalue weighted by molar-refractivity contribution is 0.123. The van der Waals surface area contributed by atoms with Gasteiger partial charge in [0.15, 0.2) is 0 Å². The van der Waals surface area contributed by atoms with Gasteiger partial charge in [0.2, 0.25) is 0 Å². The summed E-state index contributed by atoms with van der Waals surface area (Å²) in [7, 11) is 1.70. The van der Waals surface area contributed by atoms with E-state index in [0.29, 0.717) is 12.0 Å². The highest BCUT2D eigenvalue weighted by Crippen LogP contribution is 2.43. The van der Waals surface area contributed by atoms with E-state index in [1.165, 1.54) is 31.2 Å². The number of nitrogens with zero attached hydrogens (tertiary/aromatic N) is 1. The third kappa shape index (κ3) is 4.66. The first-order valence-corrected chi connectivity index (χ1v) is 8.11. The monoisotopic (exact) mass is 362 g/mol. The second-order valence-electron chi connectivity index (χ2n) is 6.20. The first-order chi connectivity index (χ1) is 10.3. The zero-order valence-electron chi connectivity index (χ0n) is 13.7. The molecular weight excluding hydrogens is 335 g/mol. The van der Waals surface area contributed by atoms with Gasteiger partial charge in [-0.1, -0.05) is 18.9 Å². The number of hydrogen-bond acceptors (Lipinski definition) is 4. The maximum atomic E-state index is 9.72. The van der Waals surface area contributed by atoms with E-state index < -0.39 is 0 Å². The van der Waals surface area contributed by atoms with E-state index >= 15 is 0 Å². The molecule has 2 fully saturated rings. The third-order valence-corrected chi connectivity index (χ3v) is 4.93. The van der Waals surface area contributed by atoms with Gasteiger partial charge >= 0.3 is 0 Å². The normalized spacial score (nSPS) is 20.4. The van der Waals surface area contributed by atoms with Gasteiger partial charge in [0.1, 0.15) is 11.5 Å². The van der Waals surface area contributed by atoms with Gasteiger partial charge in [-0.2, -0.15) is 0 Å². The number of phenolic OH excluding ortho intramolecular Hbond substituents is 1. The van der Waals surface area contributed by atoms with Crippen LogP contribution in [0.1, 0.15) is 37.3 Å². The molecule has 1 aromatic rings. The summed E-state index contributed by atoms with van der Waals surface area (Å²) in [4.78, 5) is 2.60. The van der Waals surface area contributed by atoms with Crippen molar-refractivity contribution in [3.63, 3.8) is 0 Å². The predicted octanol–water partition coefficient (Wildman–Crippen LogP) is 3.38. The van der Waals surface area contributed by atoms with Crippen molar-refractivity contribution < 1.29 is 9.84 Å². The Morgan fingerprint density at radius 2 is 1.83 bits per heavy atom. The molecule has 0 bridgehead atoms. The van der Waals surface area contributed by atoms with Gasteiger partial charge in [-0.3, -0.25) is 4.90 Å². The molecule has 2 aliphatic rings. The average molecular weight is 363 g/mol. The van der Waals surface area contributed by atoms with Crippen molar-refractivity contribution in [3.05, 3.63) is 23.8 Å². The standard InChI is InChI=1S/C17H26N2O2.2ClH/c1-21-16-12-14(20)6-7-15(16)17(13-4-2-3-5-13)19-10-8-18-9-11-19;;/h6-7,12-13,17-18,20H,2-5,8-11H2,1H3;2*1H/t17-;;/m0../s1. The smallest absolute Gasteiger partial charge is 0.127 e. The summed E-state index contributed by atoms with van der Waals surface area (Å²) in [5.74, 6) is 1.81. The molecule has 1 heterocycles. The molecule has 132 valence electrons. The van der Waals surface area contributed by atoms with Gasteiger partial charge in [0, 0.05) is 43.9 Å². The molecule has 0 unspecified atom stereocenters. The summed E-state index contributed by atoms with van der Waals surface area (Å²) in [6.45, 7) is 4.30. The molecule has 1 saturated heterocycles. The van der Waals surface area contributed by atoms with Crippen molar-refractivity contribution >= 4 is 24.8 Å². The first-order valence-electron chi connectivity index (χ1n) is 8.11. The van der Waals surface area contributed by atoms with Crippen LogP contribution in [-0.2, 0) is 0 Å². The Balaban J connectivity index is 0.00000132. The number of piperazine rings is 1. The number of hydrogen-bond donors (Lipinski definition) is 2. The van der Waals surface area contributed by atoms with Crippen molar-refractivity contribution in [3.8, 4) is 11.5 Å². The summed E-state index contributed by atoms with van der Waals surface area (Å²) >= 11 is 0. The van der Waals surface area contributed by atoms with Gasteiger partial charge in [-0.05, 0) is 24.8 Å². The van der Waals surface area contributed by atoms with Crippen molar-refractivity contribution in [1.82, 2.24) is 10.2 Å². The summed E-state index contributed by atoms with van der Waals surface area (Å²) in [6.07, 6.45) is 5.29. The zero-order chi connectivity index (χ0) is 14.7. The summed E-state index contributed by atoms with van der Waals surface area (Å²) < 4.78 is 5.56. The highest BCUT2D eigenvalue weighted by atomic mass is 35.5. The maximum absolute atomic E-state index is 9.72. The van der Waals surface area contributed by atoms with Crippen molar-refractivity contribution in [2.75, 3.05) is 33.3 Å². The molecule has 0 spiro atoms. The molecule has 1 aliphatic heterocycles. The fourth-order valence-electron chi connectivity index (χ4n) is 3.93. The van der Waals surface area contributed by atoms with Crippen molar-refractivity contribution in [1.29, 1.82) is 0 Å². The second kappa shape index (κ2) is 9.58. The van der Waals surface area contributed by atoms with Crippen LogP contribution in [0.15, 0.2) is 18.2 Å². The number of nitrogens with one attached hydrogen (secondary N) is 1. The topological polar surface area (TPSA) is 44.7 Å². The van der Waals surface area contributed by atoms with E-state index in [0.717, 1.165) is 31.9 Å². The number of rotatable bonds is 4. The zero-order valence-corrected chi connectivity index (χ0v) is 15.3. The molecule has 4 nitrogen and oxygen atoms in total. The maximum Gasteiger partial charge on any atom is 0.127 e. The van der Waals surface area contributed by atoms with Crippen LogP contribution in [0.25, 0.3) is 0 Å². The molecule has 1 aromatic carbocycles. The third-order valence-electron chi connectivity index (χ3n) is 4.93. The van der Waals surface area contributed by atoms with E-state index in [2.05, 4.69) is 16.3 Å². The van der Waals surface area contributed by atoms with Crippen LogP contribution in [0.2, 0.25) is 0 Å². The Morgan fingerprint density at radius 1 is 1.17 bits per heavy atom. The minimum Gasteiger partial charge on any atom is -0.508 e. The molecule has 3 rings (SSSR count). The molecule has 0 radical (unpaired) electrons. The number of halogens is 2. The van der Waals surface area contributed by atoms with Gasteiger partial charge < -0.3 is 15.2 Å². The number of phenols is 1. The van der Waals surface area contributed by atoms with E-state index in [4.69, 9.17) is 4.74 Å². The predicted molar refractivity (Wildman–Crippen MR) is 98.3 cm³/mol. The van der Waals surface area contributed by atoms with Gasteiger partial charge in [-0.25, -0.2) is 0 Å². The van der Waals surface area contributed by atoms with Crippen LogP contribution < -0.4 is 10.1 Å². The molecule has 1 saturated carbocycles. The highest BCUT2D eigenvalue weighted by molar-refractivity contribution is 5.85. The molecule has 6 heteroatoms. The Kier molecular flexibility index (Phi) is 8.48. The lowest BCUT2D eigenvalue weighted by atomic mass is 9.89. The van der Waals surface area contributed by atoms with Crippen molar-refractivity contribution in [2.45, 2.75) is 31.7 Å². The highest BCUT2D eigenvalue weighted by Gasteiger charge is 2.33. The Bertz CT molecular complexity index is 476. The molecule has 0 amide bonds. The van der Waals surface area contributed by atoms with Gasteiger partial charge in [-0.15, -0.1) is 24.8 Å². The number of ether oxygens (including phenoxy) is 1. The van der Waals surface area contributed by atoms with Crippen molar-refractivity contribution in [2.24, 2.45) is 5.92 Å². The Morgan fingerprint density at radius 3 is 2.43 bits per heavy atom. The fourth-order valence-corrected chi connectivity index (χ4v) is 3.93. The van der Waals surface area contributed by atoms with E-state index in [-0.39, 0.29) is 30.6 Å². The lowest BCUT2D eigenvalue weighted by Gasteiger charge is -2.39. The van der Waals surface area contributed by atoms with E-state index in [9.17, 15) is 5.11 Å². The first kappa shape index (κ1) is 20.4.